The smallest absolute Gasteiger partial charge is 0.331 e. The van der Waals surface area contributed by atoms with Crippen LogP contribution in [0.5, 0.6) is 0 Å². The summed E-state index contributed by atoms with van der Waals surface area (Å²) in [5, 5.41) is 12.7. The number of aliphatic hydroxyl groups is 1. The zero-order chi connectivity index (χ0) is 27.2. The number of carbonyl (C=O) groups excluding carboxylic acids is 2. The molecule has 0 aliphatic carbocycles. The van der Waals surface area contributed by atoms with E-state index in [2.05, 4.69) is 26.7 Å². The van der Waals surface area contributed by atoms with Crippen LogP contribution in [0.1, 0.15) is 31.5 Å². The molecule has 0 aliphatic heterocycles. The lowest BCUT2D eigenvalue weighted by atomic mass is 10.0. The normalized spacial score (nSPS) is 11.7. The Labute approximate surface area is 215 Å². The van der Waals surface area contributed by atoms with E-state index in [4.69, 9.17) is 17.0 Å². The van der Waals surface area contributed by atoms with Crippen LogP contribution in [0.2, 0.25) is 0 Å². The number of rotatable bonds is 10. The van der Waals surface area contributed by atoms with Gasteiger partial charge in [-0.25, -0.2) is 19.6 Å². The molecule has 3 rings (SSSR count). The Hall–Kier alpha value is -4.49. The summed E-state index contributed by atoms with van der Waals surface area (Å²) in [4.78, 5) is 37.6. The fourth-order valence-corrected chi connectivity index (χ4v) is 3.82. The molecule has 10 heteroatoms. The summed E-state index contributed by atoms with van der Waals surface area (Å²) < 4.78 is 6.87. The fraction of sp³-hybridized carbons (Fsp3) is 0.296. The van der Waals surface area contributed by atoms with E-state index in [0.717, 1.165) is 11.1 Å². The number of amides is 1. The van der Waals surface area contributed by atoms with Gasteiger partial charge in [-0.15, -0.1) is 0 Å². The molecule has 1 amide bonds. The maximum atomic E-state index is 13.1. The molecule has 0 radical (unpaired) electrons. The second-order valence-electron chi connectivity index (χ2n) is 8.92. The highest BCUT2D eigenvalue weighted by atomic mass is 16.5. The van der Waals surface area contributed by atoms with Gasteiger partial charge >= 0.3 is 5.97 Å². The Morgan fingerprint density at radius 1 is 1.30 bits per heavy atom. The molecule has 192 valence electrons. The molecule has 0 saturated heterocycles. The summed E-state index contributed by atoms with van der Waals surface area (Å²) in [5.74, 6) is -1.16. The third-order valence-corrected chi connectivity index (χ3v) is 5.68. The minimum Gasteiger partial charge on any atom is -0.460 e. The van der Waals surface area contributed by atoms with Crippen molar-refractivity contribution in [1.29, 1.82) is 0 Å². The first-order valence-corrected chi connectivity index (χ1v) is 11.6. The highest BCUT2D eigenvalue weighted by Crippen LogP contribution is 2.38. The number of anilines is 1. The minimum atomic E-state index is -1.39. The topological polar surface area (TPSA) is 137 Å². The lowest BCUT2D eigenvalue weighted by Gasteiger charge is -2.23. The van der Waals surface area contributed by atoms with E-state index in [1.807, 2.05) is 31.2 Å². The summed E-state index contributed by atoms with van der Waals surface area (Å²) in [6.45, 7) is 16.5. The van der Waals surface area contributed by atoms with Crippen molar-refractivity contribution in [2.45, 2.75) is 39.3 Å². The average molecular weight is 503 g/mol. The summed E-state index contributed by atoms with van der Waals surface area (Å²) in [7, 11) is 0. The summed E-state index contributed by atoms with van der Waals surface area (Å²) in [6, 6.07) is 7.72. The van der Waals surface area contributed by atoms with E-state index in [-0.39, 0.29) is 24.7 Å². The van der Waals surface area contributed by atoms with Crippen molar-refractivity contribution >= 4 is 34.8 Å². The van der Waals surface area contributed by atoms with E-state index in [0.29, 0.717) is 35.3 Å². The molecule has 10 nitrogen and oxygen atoms in total. The van der Waals surface area contributed by atoms with Crippen LogP contribution in [0.25, 0.3) is 33.1 Å². The van der Waals surface area contributed by atoms with Crippen LogP contribution in [0, 0.1) is 13.5 Å². The quantitative estimate of drug-likeness (QED) is 0.167. The van der Waals surface area contributed by atoms with E-state index in [1.165, 1.54) is 32.3 Å². The average Bonchev–Trinajstić information content (AvgIpc) is 3.18. The number of nitrogens with two attached hydrogens (primary N) is 1. The number of nitrogens with one attached hydrogen (secondary N) is 1. The highest BCUT2D eigenvalue weighted by molar-refractivity contribution is 6.08. The number of esters is 1. The first kappa shape index (κ1) is 27.1. The van der Waals surface area contributed by atoms with Gasteiger partial charge < -0.3 is 25.5 Å². The van der Waals surface area contributed by atoms with Gasteiger partial charge in [-0.2, -0.15) is 0 Å². The number of fused-ring (bicyclic) bond motifs is 1. The third-order valence-electron chi connectivity index (χ3n) is 5.68. The molecule has 2 heterocycles. The first-order valence-electron chi connectivity index (χ1n) is 11.6. The Morgan fingerprint density at radius 3 is 2.62 bits per heavy atom. The molecule has 0 spiro atoms. The number of ether oxygens (including phenoxy) is 1. The third kappa shape index (κ3) is 5.85. The van der Waals surface area contributed by atoms with E-state index in [9.17, 15) is 14.7 Å². The number of aryl methyl sites for hydroxylation is 2. The lowest BCUT2D eigenvalue weighted by molar-refractivity contribution is -0.150. The number of carbonyl (C=O) groups is 2. The number of aromatic nitrogens is 3. The number of benzene rings is 1. The molecule has 0 saturated carbocycles. The highest BCUT2D eigenvalue weighted by Gasteiger charge is 2.32. The van der Waals surface area contributed by atoms with Gasteiger partial charge in [0, 0.05) is 24.4 Å². The predicted molar refractivity (Wildman–Crippen MR) is 142 cm³/mol. The maximum Gasteiger partial charge on any atom is 0.331 e. The molecule has 37 heavy (non-hydrogen) atoms. The van der Waals surface area contributed by atoms with E-state index < -0.39 is 17.4 Å². The monoisotopic (exact) mass is 502 g/mol. The largest absolute Gasteiger partial charge is 0.460 e. The van der Waals surface area contributed by atoms with Crippen LogP contribution in [-0.2, 0) is 20.9 Å². The summed E-state index contributed by atoms with van der Waals surface area (Å²) in [6.07, 6.45) is 4.62. The molecule has 2 aromatic heterocycles. The standard InChI is InChI=1S/C27H30N6O4/c1-6-14-37-26(36)27(3,4)32-25(35)19(29-5)15-20-21(18-10-8-17(2)9-11-18)22-23(28)30-16-31-24(22)33(20)12-7-13-34/h6,8-11,15-16,34H,1,7,12-14H2,2-4H3,(H,32,35)(H2,28,30,31)/b19-15-. The minimum absolute atomic E-state index is 0.00300. The number of nitrogens with zero attached hydrogens (tertiary/aromatic N) is 4. The number of aliphatic hydroxyl groups excluding tert-OH is 1. The van der Waals surface area contributed by atoms with Gasteiger partial charge in [-0.3, -0.25) is 4.79 Å². The van der Waals surface area contributed by atoms with Crippen molar-refractivity contribution in [3.05, 3.63) is 71.6 Å². The zero-order valence-electron chi connectivity index (χ0n) is 21.1. The van der Waals surface area contributed by atoms with Crippen molar-refractivity contribution in [2.24, 2.45) is 0 Å². The molecule has 1 aromatic carbocycles. The molecular weight excluding hydrogens is 472 g/mol. The Morgan fingerprint density at radius 2 is 2.00 bits per heavy atom. The van der Waals surface area contributed by atoms with Crippen LogP contribution in [-0.4, -0.2) is 50.3 Å². The predicted octanol–water partition coefficient (Wildman–Crippen LogP) is 3.26. The molecule has 0 atom stereocenters. The molecular formula is C27H30N6O4. The number of nitrogen functional groups attached to an aromatic ring is 1. The van der Waals surface area contributed by atoms with Gasteiger partial charge in [0.1, 0.15) is 29.9 Å². The Kier molecular flexibility index (Phi) is 8.42. The van der Waals surface area contributed by atoms with Crippen LogP contribution in [0.3, 0.4) is 0 Å². The van der Waals surface area contributed by atoms with Crippen molar-refractivity contribution in [2.75, 3.05) is 18.9 Å². The zero-order valence-corrected chi connectivity index (χ0v) is 21.1. The molecule has 0 bridgehead atoms. The summed E-state index contributed by atoms with van der Waals surface area (Å²) in [5.41, 5.74) is 8.17. The van der Waals surface area contributed by atoms with E-state index >= 15 is 0 Å². The molecule has 0 fully saturated rings. The maximum absolute atomic E-state index is 13.1. The van der Waals surface area contributed by atoms with Gasteiger partial charge in [0.05, 0.1) is 12.0 Å². The van der Waals surface area contributed by atoms with Crippen LogP contribution in [0.15, 0.2) is 48.9 Å². The number of hydrogen-bond donors (Lipinski definition) is 3. The van der Waals surface area contributed by atoms with Crippen molar-refractivity contribution in [3.8, 4) is 11.1 Å². The van der Waals surface area contributed by atoms with Gasteiger partial charge in [0.15, 0.2) is 0 Å². The molecule has 0 aliphatic rings. The van der Waals surface area contributed by atoms with Crippen molar-refractivity contribution < 1.29 is 19.4 Å². The second-order valence-corrected chi connectivity index (χ2v) is 8.92. The van der Waals surface area contributed by atoms with Crippen LogP contribution < -0.4 is 11.1 Å². The van der Waals surface area contributed by atoms with E-state index in [1.54, 1.807) is 4.57 Å². The van der Waals surface area contributed by atoms with Gasteiger partial charge in [-0.05, 0) is 38.8 Å². The van der Waals surface area contributed by atoms with Gasteiger partial charge in [0.25, 0.3) is 11.6 Å². The fourth-order valence-electron chi connectivity index (χ4n) is 3.82. The Balaban J connectivity index is 2.21. The summed E-state index contributed by atoms with van der Waals surface area (Å²) >= 11 is 0. The van der Waals surface area contributed by atoms with Crippen molar-refractivity contribution in [1.82, 2.24) is 19.9 Å². The van der Waals surface area contributed by atoms with Crippen LogP contribution in [0.4, 0.5) is 5.82 Å². The number of hydrogen-bond acceptors (Lipinski definition) is 7. The SMILES string of the molecule is [C-]#[N+]/C(=C\c1c(-c2ccc(C)cc2)c2c(N)ncnc2n1CCCO)C(=O)NC(C)(C)C(=O)OCC=C. The molecule has 4 N–H and O–H groups in total. The van der Waals surface area contributed by atoms with Gasteiger partial charge in [-0.1, -0.05) is 42.5 Å². The van der Waals surface area contributed by atoms with Crippen molar-refractivity contribution in [3.63, 3.8) is 0 Å². The van der Waals surface area contributed by atoms with Gasteiger partial charge in [0.2, 0.25) is 0 Å². The lowest BCUT2D eigenvalue weighted by Crippen LogP contribution is -2.50. The second kappa shape index (κ2) is 11.5. The molecule has 0 unspecified atom stereocenters. The molecule has 3 aromatic rings. The first-order chi connectivity index (χ1) is 17.6. The Bertz CT molecular complexity index is 1400. The van der Waals surface area contributed by atoms with Crippen LogP contribution >= 0.6 is 0 Å².